The summed E-state index contributed by atoms with van der Waals surface area (Å²) in [5.74, 6) is -0.0489. The van der Waals surface area contributed by atoms with E-state index in [1.54, 1.807) is 6.07 Å². The zero-order valence-electron chi connectivity index (χ0n) is 11.5. The summed E-state index contributed by atoms with van der Waals surface area (Å²) in [4.78, 5) is 17.4. The predicted molar refractivity (Wildman–Crippen MR) is 79.9 cm³/mol. The molecule has 1 heterocycles. The van der Waals surface area contributed by atoms with Gasteiger partial charge in [-0.15, -0.1) is 12.6 Å². The molecule has 0 aromatic heterocycles. The molecule has 0 spiro atoms. The Balaban J connectivity index is 1.91. The van der Waals surface area contributed by atoms with Crippen LogP contribution in [0.25, 0.3) is 0 Å². The van der Waals surface area contributed by atoms with E-state index >= 15 is 0 Å². The van der Waals surface area contributed by atoms with Crippen LogP contribution in [0, 0.1) is 0 Å². The molecule has 1 unspecified atom stereocenters. The van der Waals surface area contributed by atoms with Crippen LogP contribution in [-0.2, 0) is 0 Å². The van der Waals surface area contributed by atoms with Gasteiger partial charge in [0.15, 0.2) is 0 Å². The van der Waals surface area contributed by atoms with Crippen molar-refractivity contribution in [3.05, 3.63) is 29.8 Å². The van der Waals surface area contributed by atoms with Gasteiger partial charge in [-0.05, 0) is 26.2 Å². The van der Waals surface area contributed by atoms with Crippen LogP contribution in [0.3, 0.4) is 0 Å². The van der Waals surface area contributed by atoms with E-state index in [2.05, 4.69) is 41.8 Å². The molecule has 0 saturated carbocycles. The number of rotatable bonds is 3. The van der Waals surface area contributed by atoms with Gasteiger partial charge in [0.05, 0.1) is 5.56 Å². The van der Waals surface area contributed by atoms with Gasteiger partial charge in [0.1, 0.15) is 0 Å². The average molecular weight is 279 g/mol. The largest absolute Gasteiger partial charge is 0.350 e. The third-order valence-corrected chi connectivity index (χ3v) is 4.02. The van der Waals surface area contributed by atoms with E-state index in [1.165, 1.54) is 0 Å². The van der Waals surface area contributed by atoms with Crippen LogP contribution < -0.4 is 5.32 Å². The fraction of sp³-hybridized carbons (Fsp3) is 0.500. The van der Waals surface area contributed by atoms with Crippen molar-refractivity contribution in [2.24, 2.45) is 0 Å². The van der Waals surface area contributed by atoms with Crippen LogP contribution in [0.15, 0.2) is 29.2 Å². The second-order valence-corrected chi connectivity index (χ2v) is 5.61. The van der Waals surface area contributed by atoms with Gasteiger partial charge in [0.25, 0.3) is 5.91 Å². The molecular formula is C14H21N3OS. The van der Waals surface area contributed by atoms with Gasteiger partial charge < -0.3 is 10.2 Å². The minimum atomic E-state index is -0.0489. The van der Waals surface area contributed by atoms with Gasteiger partial charge in [0, 0.05) is 37.1 Å². The van der Waals surface area contributed by atoms with Crippen LogP contribution in [0.1, 0.15) is 10.4 Å². The van der Waals surface area contributed by atoms with E-state index in [0.717, 1.165) is 19.6 Å². The van der Waals surface area contributed by atoms with E-state index in [4.69, 9.17) is 0 Å². The summed E-state index contributed by atoms with van der Waals surface area (Å²) in [5.41, 5.74) is 0.637. The highest BCUT2D eigenvalue weighted by molar-refractivity contribution is 7.80. The fourth-order valence-corrected chi connectivity index (χ4v) is 2.56. The molecule has 5 heteroatoms. The van der Waals surface area contributed by atoms with Gasteiger partial charge in [0.2, 0.25) is 0 Å². The predicted octanol–water partition coefficient (Wildman–Crippen LogP) is 0.951. The van der Waals surface area contributed by atoms with Crippen LogP contribution in [0.2, 0.25) is 0 Å². The van der Waals surface area contributed by atoms with Crippen LogP contribution in [-0.4, -0.2) is 62.0 Å². The van der Waals surface area contributed by atoms with Gasteiger partial charge in [-0.2, -0.15) is 0 Å². The van der Waals surface area contributed by atoms with E-state index < -0.39 is 0 Å². The summed E-state index contributed by atoms with van der Waals surface area (Å²) in [7, 11) is 4.22. The van der Waals surface area contributed by atoms with Crippen molar-refractivity contribution < 1.29 is 4.79 Å². The first-order valence-corrected chi connectivity index (χ1v) is 6.97. The topological polar surface area (TPSA) is 35.6 Å². The van der Waals surface area contributed by atoms with Crippen molar-refractivity contribution in [2.45, 2.75) is 10.9 Å². The van der Waals surface area contributed by atoms with Crippen molar-refractivity contribution in [1.29, 1.82) is 0 Å². The number of hydrogen-bond acceptors (Lipinski definition) is 4. The summed E-state index contributed by atoms with van der Waals surface area (Å²) in [6.07, 6.45) is 0. The molecule has 104 valence electrons. The third-order valence-electron chi connectivity index (χ3n) is 3.63. The second-order valence-electron chi connectivity index (χ2n) is 5.12. The Morgan fingerprint density at radius 2 is 2.11 bits per heavy atom. The van der Waals surface area contributed by atoms with Crippen LogP contribution in [0.5, 0.6) is 0 Å². The van der Waals surface area contributed by atoms with Crippen LogP contribution in [0.4, 0.5) is 0 Å². The molecule has 1 amide bonds. The number of carbonyl (C=O) groups excluding carboxylic acids is 1. The number of hydrogen-bond donors (Lipinski definition) is 2. The summed E-state index contributed by atoms with van der Waals surface area (Å²) < 4.78 is 0. The molecule has 0 aliphatic carbocycles. The number of piperazine rings is 1. The number of likely N-dealkylation sites (N-methyl/N-ethyl adjacent to an activating group) is 2. The van der Waals surface area contributed by atoms with Crippen molar-refractivity contribution >= 4 is 18.5 Å². The molecular weight excluding hydrogens is 258 g/mol. The highest BCUT2D eigenvalue weighted by Gasteiger charge is 2.22. The fourth-order valence-electron chi connectivity index (χ4n) is 2.29. The molecule has 1 N–H and O–H groups in total. The van der Waals surface area contributed by atoms with Crippen molar-refractivity contribution in [3.63, 3.8) is 0 Å². The van der Waals surface area contributed by atoms with Crippen molar-refractivity contribution in [1.82, 2.24) is 15.1 Å². The van der Waals surface area contributed by atoms with Gasteiger partial charge in [-0.1, -0.05) is 12.1 Å². The normalized spacial score (nSPS) is 21.3. The first-order chi connectivity index (χ1) is 9.08. The minimum absolute atomic E-state index is 0.0489. The third kappa shape index (κ3) is 3.72. The maximum atomic E-state index is 12.1. The zero-order valence-corrected chi connectivity index (χ0v) is 12.4. The Bertz CT molecular complexity index is 452. The molecule has 1 aliphatic rings. The summed E-state index contributed by atoms with van der Waals surface area (Å²) >= 11 is 4.31. The highest BCUT2D eigenvalue weighted by atomic mass is 32.1. The van der Waals surface area contributed by atoms with E-state index in [0.29, 0.717) is 23.0 Å². The number of nitrogens with one attached hydrogen (secondary N) is 1. The molecule has 1 atom stereocenters. The SMILES string of the molecule is CN1CCN(C)C(CNC(=O)c2ccccc2S)C1. The quantitative estimate of drug-likeness (QED) is 0.809. The lowest BCUT2D eigenvalue weighted by Gasteiger charge is -2.37. The number of amides is 1. The smallest absolute Gasteiger partial charge is 0.252 e. The maximum Gasteiger partial charge on any atom is 0.252 e. The molecule has 0 bridgehead atoms. The average Bonchev–Trinajstić information content (AvgIpc) is 2.40. The Hall–Kier alpha value is -1.04. The molecule has 1 aromatic rings. The summed E-state index contributed by atoms with van der Waals surface area (Å²) in [5, 5.41) is 3.00. The molecule has 1 saturated heterocycles. The maximum absolute atomic E-state index is 12.1. The van der Waals surface area contributed by atoms with E-state index in [9.17, 15) is 4.79 Å². The first-order valence-electron chi connectivity index (χ1n) is 6.53. The molecule has 4 nitrogen and oxygen atoms in total. The molecule has 1 aliphatic heterocycles. The molecule has 1 aromatic carbocycles. The van der Waals surface area contributed by atoms with Gasteiger partial charge in [-0.3, -0.25) is 9.69 Å². The first kappa shape index (κ1) is 14.4. The van der Waals surface area contributed by atoms with E-state index in [1.807, 2.05) is 18.2 Å². The second kappa shape index (κ2) is 6.41. The number of thiol groups is 1. The van der Waals surface area contributed by atoms with Crippen molar-refractivity contribution in [2.75, 3.05) is 40.3 Å². The van der Waals surface area contributed by atoms with E-state index in [-0.39, 0.29) is 5.91 Å². The minimum Gasteiger partial charge on any atom is -0.350 e. The Labute approximate surface area is 120 Å². The lowest BCUT2D eigenvalue weighted by Crippen LogP contribution is -2.54. The molecule has 0 radical (unpaired) electrons. The lowest BCUT2D eigenvalue weighted by molar-refractivity contribution is 0.0878. The van der Waals surface area contributed by atoms with Crippen molar-refractivity contribution in [3.8, 4) is 0 Å². The highest BCUT2D eigenvalue weighted by Crippen LogP contribution is 2.12. The number of nitrogens with zero attached hydrogens (tertiary/aromatic N) is 2. The number of carbonyl (C=O) groups is 1. The Morgan fingerprint density at radius 3 is 2.84 bits per heavy atom. The summed E-state index contributed by atoms with van der Waals surface area (Å²) in [6, 6.07) is 7.74. The molecule has 19 heavy (non-hydrogen) atoms. The number of benzene rings is 1. The van der Waals surface area contributed by atoms with Gasteiger partial charge in [-0.25, -0.2) is 0 Å². The standard InChI is InChI=1S/C14H21N3OS/c1-16-7-8-17(2)11(10-16)9-15-14(18)12-5-3-4-6-13(12)19/h3-6,11,19H,7-10H2,1-2H3,(H,15,18). The summed E-state index contributed by atoms with van der Waals surface area (Å²) in [6.45, 7) is 3.78. The monoisotopic (exact) mass is 279 g/mol. The lowest BCUT2D eigenvalue weighted by atomic mass is 10.1. The Morgan fingerprint density at radius 1 is 1.37 bits per heavy atom. The van der Waals surface area contributed by atoms with Gasteiger partial charge >= 0.3 is 0 Å². The molecule has 2 rings (SSSR count). The zero-order chi connectivity index (χ0) is 13.8. The Kier molecular flexibility index (Phi) is 4.85. The van der Waals surface area contributed by atoms with Crippen LogP contribution >= 0.6 is 12.6 Å². The molecule has 1 fully saturated rings.